The highest BCUT2D eigenvalue weighted by atomic mass is 32.1. The Morgan fingerprint density at radius 1 is 1.03 bits per heavy atom. The zero-order valence-electron chi connectivity index (χ0n) is 23.0. The second kappa shape index (κ2) is 13.1. The Bertz CT molecular complexity index is 1320. The first-order chi connectivity index (χ1) is 18.7. The number of carbonyl (C=O) groups excluding carboxylic acids is 2. The summed E-state index contributed by atoms with van der Waals surface area (Å²) < 4.78 is 22.0. The van der Waals surface area contributed by atoms with Gasteiger partial charge in [-0.15, -0.1) is 0 Å². The topological polar surface area (TPSA) is 107 Å². The molecule has 3 rings (SSSR count). The fourth-order valence-electron chi connectivity index (χ4n) is 4.27. The van der Waals surface area contributed by atoms with Crippen LogP contribution in [0.25, 0.3) is 6.08 Å². The summed E-state index contributed by atoms with van der Waals surface area (Å²) in [5.41, 5.74) is 2.24. The number of amides is 1. The maximum Gasteiger partial charge on any atom is 0.338 e. The van der Waals surface area contributed by atoms with Crippen LogP contribution in [0.3, 0.4) is 0 Å². The summed E-state index contributed by atoms with van der Waals surface area (Å²) in [6, 6.07) is 9.20. The van der Waals surface area contributed by atoms with Gasteiger partial charge in [0.2, 0.25) is 0 Å². The Morgan fingerprint density at radius 2 is 1.69 bits per heavy atom. The lowest BCUT2D eigenvalue weighted by atomic mass is 9.92. The van der Waals surface area contributed by atoms with Crippen LogP contribution in [-0.4, -0.2) is 53.9 Å². The van der Waals surface area contributed by atoms with Crippen molar-refractivity contribution < 1.29 is 33.6 Å². The van der Waals surface area contributed by atoms with E-state index in [0.717, 1.165) is 0 Å². The number of rotatable bonds is 10. The molecule has 2 N–H and O–H groups in total. The van der Waals surface area contributed by atoms with Gasteiger partial charge < -0.3 is 29.4 Å². The summed E-state index contributed by atoms with van der Waals surface area (Å²) in [6.45, 7) is 9.81. The van der Waals surface area contributed by atoms with E-state index in [1.807, 2.05) is 13.8 Å². The number of allylic oxidation sites excluding steroid dienone is 1. The quantitative estimate of drug-likeness (QED) is 0.241. The number of phenols is 1. The Labute approximate surface area is 234 Å². The number of benzene rings is 2. The van der Waals surface area contributed by atoms with Gasteiger partial charge in [0.1, 0.15) is 0 Å². The van der Waals surface area contributed by atoms with Crippen LogP contribution in [0.4, 0.5) is 0 Å². The van der Waals surface area contributed by atoms with Gasteiger partial charge in [-0.3, -0.25) is 9.69 Å². The van der Waals surface area contributed by atoms with E-state index in [2.05, 4.69) is 5.32 Å². The molecule has 10 heteroatoms. The Balaban J connectivity index is 2.15. The number of nitrogens with zero attached hydrogens (tertiary/aromatic N) is 1. The summed E-state index contributed by atoms with van der Waals surface area (Å²) in [6.07, 6.45) is 1.63. The maximum atomic E-state index is 13.9. The fraction of sp³-hybridized carbons (Fsp3) is 0.345. The predicted molar refractivity (Wildman–Crippen MR) is 152 cm³/mol. The number of aromatic hydroxyl groups is 1. The normalized spacial score (nSPS) is 15.5. The molecule has 1 aliphatic rings. The van der Waals surface area contributed by atoms with Gasteiger partial charge in [0.15, 0.2) is 28.1 Å². The smallest absolute Gasteiger partial charge is 0.338 e. The van der Waals surface area contributed by atoms with Crippen molar-refractivity contribution in [1.82, 2.24) is 10.2 Å². The van der Waals surface area contributed by atoms with Crippen LogP contribution in [0.2, 0.25) is 0 Å². The largest absolute Gasteiger partial charge is 0.504 e. The molecule has 0 fully saturated rings. The summed E-state index contributed by atoms with van der Waals surface area (Å²) in [7, 11) is 1.46. The molecule has 1 amide bonds. The van der Waals surface area contributed by atoms with Crippen molar-refractivity contribution in [2.45, 2.75) is 40.7 Å². The molecule has 2 aromatic carbocycles. The molecule has 2 aromatic rings. The van der Waals surface area contributed by atoms with Crippen LogP contribution in [0.1, 0.15) is 51.8 Å². The molecule has 1 atom stereocenters. The summed E-state index contributed by atoms with van der Waals surface area (Å²) in [5, 5.41) is 13.3. The number of carbonyl (C=O) groups is 2. The molecule has 0 bridgehead atoms. The average molecular weight is 555 g/mol. The van der Waals surface area contributed by atoms with Gasteiger partial charge in [0, 0.05) is 11.3 Å². The zero-order valence-corrected chi connectivity index (χ0v) is 23.8. The van der Waals surface area contributed by atoms with Gasteiger partial charge in [-0.05, 0) is 88.3 Å². The Hall–Kier alpha value is -4.05. The van der Waals surface area contributed by atoms with Gasteiger partial charge in [0.25, 0.3) is 5.91 Å². The van der Waals surface area contributed by atoms with Crippen LogP contribution in [0.15, 0.2) is 53.2 Å². The first kappa shape index (κ1) is 29.5. The third-order valence-corrected chi connectivity index (χ3v) is 6.27. The van der Waals surface area contributed by atoms with Crippen LogP contribution < -0.4 is 19.5 Å². The first-order valence-corrected chi connectivity index (χ1v) is 13.0. The maximum absolute atomic E-state index is 13.9. The summed E-state index contributed by atoms with van der Waals surface area (Å²) in [4.78, 5) is 28.5. The van der Waals surface area contributed by atoms with Crippen molar-refractivity contribution >= 4 is 35.3 Å². The van der Waals surface area contributed by atoms with Gasteiger partial charge >= 0.3 is 5.97 Å². The summed E-state index contributed by atoms with van der Waals surface area (Å²) in [5.74, 6) is 0.288. The van der Waals surface area contributed by atoms with E-state index in [9.17, 15) is 14.7 Å². The van der Waals surface area contributed by atoms with Crippen molar-refractivity contribution in [3.8, 4) is 23.0 Å². The molecule has 0 aliphatic carbocycles. The van der Waals surface area contributed by atoms with Gasteiger partial charge in [-0.2, -0.15) is 0 Å². The monoisotopic (exact) mass is 554 g/mol. The molecule has 1 heterocycles. The lowest BCUT2D eigenvalue weighted by molar-refractivity contribution is -0.139. The number of ether oxygens (including phenoxy) is 4. The number of hydrogen-bond donors (Lipinski definition) is 2. The van der Waals surface area contributed by atoms with E-state index in [0.29, 0.717) is 52.9 Å². The Kier molecular flexibility index (Phi) is 9.95. The summed E-state index contributed by atoms with van der Waals surface area (Å²) >= 11 is 5.62. The molecule has 0 spiro atoms. The van der Waals surface area contributed by atoms with Crippen molar-refractivity contribution in [3.63, 3.8) is 0 Å². The van der Waals surface area contributed by atoms with Crippen molar-refractivity contribution in [2.24, 2.45) is 0 Å². The van der Waals surface area contributed by atoms with Crippen molar-refractivity contribution in [2.75, 3.05) is 26.9 Å². The lowest BCUT2D eigenvalue weighted by Gasteiger charge is -2.38. The minimum Gasteiger partial charge on any atom is -0.504 e. The van der Waals surface area contributed by atoms with E-state index < -0.39 is 17.9 Å². The molecule has 0 saturated carbocycles. The first-order valence-electron chi connectivity index (χ1n) is 12.6. The van der Waals surface area contributed by atoms with Gasteiger partial charge in [-0.25, -0.2) is 4.79 Å². The number of phenolic OH excluding ortho intramolecular Hbond substituents is 1. The third-order valence-electron chi connectivity index (χ3n) is 5.97. The second-order valence-electron chi connectivity index (χ2n) is 8.60. The van der Waals surface area contributed by atoms with Crippen molar-refractivity contribution in [1.29, 1.82) is 0 Å². The lowest BCUT2D eigenvalue weighted by Crippen LogP contribution is -2.51. The third kappa shape index (κ3) is 6.51. The van der Waals surface area contributed by atoms with E-state index >= 15 is 0 Å². The molecule has 1 aliphatic heterocycles. The van der Waals surface area contributed by atoms with Crippen LogP contribution in [0, 0.1) is 0 Å². The Morgan fingerprint density at radius 3 is 2.31 bits per heavy atom. The van der Waals surface area contributed by atoms with Crippen LogP contribution >= 0.6 is 12.2 Å². The molecule has 1 unspecified atom stereocenters. The molecule has 0 aromatic heterocycles. The molecular formula is C29H34N2O7S. The molecule has 39 heavy (non-hydrogen) atoms. The highest BCUT2D eigenvalue weighted by Crippen LogP contribution is 2.39. The second-order valence-corrected chi connectivity index (χ2v) is 8.98. The van der Waals surface area contributed by atoms with E-state index in [1.54, 1.807) is 57.2 Å². The number of esters is 1. The molecule has 0 radical (unpaired) electrons. The van der Waals surface area contributed by atoms with Crippen LogP contribution in [0.5, 0.6) is 23.0 Å². The van der Waals surface area contributed by atoms with Gasteiger partial charge in [-0.1, -0.05) is 12.1 Å². The van der Waals surface area contributed by atoms with Crippen LogP contribution in [-0.2, 0) is 14.3 Å². The predicted octanol–water partition coefficient (Wildman–Crippen LogP) is 4.90. The molecule has 9 nitrogen and oxygen atoms in total. The highest BCUT2D eigenvalue weighted by molar-refractivity contribution is 7.80. The van der Waals surface area contributed by atoms with E-state index in [1.165, 1.54) is 18.1 Å². The molecule has 0 saturated heterocycles. The number of thiocarbonyl (C=S) groups is 1. The van der Waals surface area contributed by atoms with Crippen molar-refractivity contribution in [3.05, 3.63) is 64.4 Å². The number of nitrogens with one attached hydrogen (secondary N) is 1. The molecular weight excluding hydrogens is 520 g/mol. The zero-order chi connectivity index (χ0) is 28.7. The fourth-order valence-corrected chi connectivity index (χ4v) is 4.62. The average Bonchev–Trinajstić information content (AvgIpc) is 2.89. The minimum absolute atomic E-state index is 0.0551. The van der Waals surface area contributed by atoms with E-state index in [4.69, 9.17) is 31.2 Å². The van der Waals surface area contributed by atoms with E-state index in [-0.39, 0.29) is 23.0 Å². The number of hydrogen-bond acceptors (Lipinski definition) is 8. The SMILES string of the molecule is CCOC(=O)C1=C(C)NC(=S)N(C(=O)/C(C)=C/c2ccc(OC)c(O)c2)C1c1ccc(OCC)c(OCC)c1. The number of methoxy groups -OCH3 is 1. The highest BCUT2D eigenvalue weighted by Gasteiger charge is 2.40. The standard InChI is InChI=1S/C29H34N2O7S/c1-7-36-23-13-11-20(16-24(23)37-8-2)26-25(28(34)38-9-3)18(5)30-29(39)31(26)27(33)17(4)14-19-10-12-22(35-6)21(32)15-19/h10-16,26,32H,7-9H2,1-6H3,(H,30,39)/b17-14+. The minimum atomic E-state index is -0.896. The molecule has 208 valence electrons. The van der Waals surface area contributed by atoms with Gasteiger partial charge in [0.05, 0.1) is 38.5 Å².